The number of hydrogen-bond donors (Lipinski definition) is 1. The van der Waals surface area contributed by atoms with Crippen LogP contribution in [0.25, 0.3) is 0 Å². The van der Waals surface area contributed by atoms with Crippen LogP contribution in [0.1, 0.15) is 12.5 Å². The van der Waals surface area contributed by atoms with Crippen LogP contribution >= 0.6 is 0 Å². The van der Waals surface area contributed by atoms with E-state index in [-0.39, 0.29) is 0 Å². The van der Waals surface area contributed by atoms with E-state index in [1.54, 1.807) is 7.11 Å². The fourth-order valence-electron chi connectivity index (χ4n) is 1.72. The minimum atomic E-state index is 0.630. The van der Waals surface area contributed by atoms with Crippen molar-refractivity contribution in [3.8, 4) is 11.5 Å². The normalized spacial score (nSPS) is 10.1. The molecule has 0 unspecified atom stereocenters. The van der Waals surface area contributed by atoms with E-state index in [4.69, 9.17) is 9.47 Å². The third-order valence-corrected chi connectivity index (χ3v) is 2.60. The van der Waals surface area contributed by atoms with Gasteiger partial charge in [-0.15, -0.1) is 0 Å². The summed E-state index contributed by atoms with van der Waals surface area (Å²) >= 11 is 0. The number of nitrogens with one attached hydrogen (secondary N) is 1. The van der Waals surface area contributed by atoms with Crippen molar-refractivity contribution in [1.29, 1.82) is 0 Å². The van der Waals surface area contributed by atoms with E-state index >= 15 is 0 Å². The van der Waals surface area contributed by atoms with E-state index in [9.17, 15) is 0 Å². The summed E-state index contributed by atoms with van der Waals surface area (Å²) in [5.74, 6) is 1.55. The second-order valence-electron chi connectivity index (χ2n) is 3.84. The lowest BCUT2D eigenvalue weighted by molar-refractivity contribution is 0.310. The molecule has 0 aliphatic heterocycles. The van der Waals surface area contributed by atoms with Gasteiger partial charge in [-0.3, -0.25) is 4.68 Å². The van der Waals surface area contributed by atoms with Crippen LogP contribution in [0.4, 0.5) is 0 Å². The predicted molar refractivity (Wildman–Crippen MR) is 71.7 cm³/mol. The lowest BCUT2D eigenvalue weighted by Crippen LogP contribution is -2.11. The van der Waals surface area contributed by atoms with Gasteiger partial charge >= 0.3 is 0 Å². The van der Waals surface area contributed by atoms with Crippen LogP contribution < -0.4 is 14.9 Å². The average Bonchev–Trinajstić information content (AvgIpc) is 2.90. The molecule has 0 aliphatic rings. The summed E-state index contributed by atoms with van der Waals surface area (Å²) in [4.78, 5) is 0. The smallest absolute Gasteiger partial charge is 0.161 e. The number of hydrogen-bond acceptors (Lipinski definition) is 3. The topological polar surface area (TPSA) is 35.4 Å². The van der Waals surface area contributed by atoms with Gasteiger partial charge in [0.1, 0.15) is 0 Å². The van der Waals surface area contributed by atoms with Gasteiger partial charge in [0.05, 0.1) is 20.3 Å². The first-order valence-corrected chi connectivity index (χ1v) is 6.00. The molecule has 0 fully saturated rings. The van der Waals surface area contributed by atoms with Crippen LogP contribution in [0.3, 0.4) is 0 Å². The van der Waals surface area contributed by atoms with Crippen molar-refractivity contribution in [2.75, 3.05) is 19.1 Å². The summed E-state index contributed by atoms with van der Waals surface area (Å²) in [6.07, 6.45) is 3.93. The number of benzene rings is 1. The van der Waals surface area contributed by atoms with E-state index < -0.39 is 0 Å². The highest BCUT2D eigenvalue weighted by Gasteiger charge is 2.04. The number of ether oxygens (including phenoxy) is 2. The van der Waals surface area contributed by atoms with Crippen molar-refractivity contribution >= 4 is 0 Å². The van der Waals surface area contributed by atoms with Gasteiger partial charge in [0.25, 0.3) is 0 Å². The van der Waals surface area contributed by atoms with Crippen LogP contribution in [0.5, 0.6) is 11.5 Å². The molecule has 0 saturated heterocycles. The largest absolute Gasteiger partial charge is 0.493 e. The Balaban J connectivity index is 2.06. The molecule has 4 heteroatoms. The fourth-order valence-corrected chi connectivity index (χ4v) is 1.72. The molecule has 2 aromatic rings. The standard InChI is InChI=1S/C14H18N2O2/c1-3-18-14-10-12(6-7-13(14)17-2)11-15-16-8-4-5-9-16/h4-10,15H,3,11H2,1-2H3. The van der Waals surface area contributed by atoms with E-state index in [0.29, 0.717) is 6.61 Å². The molecule has 0 saturated carbocycles. The van der Waals surface area contributed by atoms with Crippen LogP contribution in [-0.2, 0) is 6.54 Å². The van der Waals surface area contributed by atoms with Crippen molar-refractivity contribution in [1.82, 2.24) is 4.68 Å². The first-order valence-electron chi connectivity index (χ1n) is 6.00. The van der Waals surface area contributed by atoms with Gasteiger partial charge in [0, 0.05) is 12.4 Å². The summed E-state index contributed by atoms with van der Waals surface area (Å²) in [5, 5.41) is 0. The molecule has 1 N–H and O–H groups in total. The molecule has 4 nitrogen and oxygen atoms in total. The van der Waals surface area contributed by atoms with Crippen LogP contribution in [-0.4, -0.2) is 18.4 Å². The third kappa shape index (κ3) is 2.97. The Bertz CT molecular complexity index is 481. The van der Waals surface area contributed by atoms with E-state index in [1.165, 1.54) is 0 Å². The summed E-state index contributed by atoms with van der Waals surface area (Å²) < 4.78 is 12.7. The molecular weight excluding hydrogens is 228 g/mol. The molecule has 0 radical (unpaired) electrons. The number of rotatable bonds is 6. The van der Waals surface area contributed by atoms with Crippen LogP contribution in [0, 0.1) is 0 Å². The maximum atomic E-state index is 5.55. The minimum absolute atomic E-state index is 0.630. The van der Waals surface area contributed by atoms with Gasteiger partial charge in [0.15, 0.2) is 11.5 Å². The molecule has 1 aromatic carbocycles. The molecule has 2 rings (SSSR count). The second kappa shape index (κ2) is 6.00. The molecule has 18 heavy (non-hydrogen) atoms. The zero-order chi connectivity index (χ0) is 12.8. The van der Waals surface area contributed by atoms with E-state index in [1.807, 2.05) is 54.3 Å². The number of methoxy groups -OCH3 is 1. The van der Waals surface area contributed by atoms with Gasteiger partial charge in [0.2, 0.25) is 0 Å². The summed E-state index contributed by atoms with van der Waals surface area (Å²) in [6.45, 7) is 3.33. The van der Waals surface area contributed by atoms with Crippen molar-refractivity contribution < 1.29 is 9.47 Å². The Kier molecular flexibility index (Phi) is 4.12. The Labute approximate surface area is 107 Å². The average molecular weight is 246 g/mol. The molecule has 0 aliphatic carbocycles. The SMILES string of the molecule is CCOc1cc(CNn2cccc2)ccc1OC. The van der Waals surface area contributed by atoms with E-state index in [2.05, 4.69) is 5.43 Å². The molecule has 96 valence electrons. The molecule has 0 spiro atoms. The Hall–Kier alpha value is -2.10. The van der Waals surface area contributed by atoms with Gasteiger partial charge in [-0.2, -0.15) is 0 Å². The number of nitrogens with zero attached hydrogens (tertiary/aromatic N) is 1. The molecule has 0 bridgehead atoms. The lowest BCUT2D eigenvalue weighted by atomic mass is 10.2. The zero-order valence-corrected chi connectivity index (χ0v) is 10.7. The zero-order valence-electron chi connectivity index (χ0n) is 10.7. The highest BCUT2D eigenvalue weighted by molar-refractivity contribution is 5.43. The minimum Gasteiger partial charge on any atom is -0.493 e. The van der Waals surface area contributed by atoms with Crippen LogP contribution in [0.15, 0.2) is 42.7 Å². The number of aromatic nitrogens is 1. The molecule has 1 heterocycles. The molecule has 0 atom stereocenters. The Morgan fingerprint density at radius 1 is 1.17 bits per heavy atom. The van der Waals surface area contributed by atoms with Crippen molar-refractivity contribution in [3.05, 3.63) is 48.3 Å². The monoisotopic (exact) mass is 246 g/mol. The van der Waals surface area contributed by atoms with Crippen molar-refractivity contribution in [3.63, 3.8) is 0 Å². The lowest BCUT2D eigenvalue weighted by Gasteiger charge is -2.12. The maximum absolute atomic E-state index is 5.55. The Morgan fingerprint density at radius 2 is 1.94 bits per heavy atom. The maximum Gasteiger partial charge on any atom is 0.161 e. The summed E-state index contributed by atoms with van der Waals surface area (Å²) in [6, 6.07) is 9.91. The fraction of sp³-hybridized carbons (Fsp3) is 0.286. The van der Waals surface area contributed by atoms with Gasteiger partial charge in [-0.1, -0.05) is 6.07 Å². The first-order chi connectivity index (χ1) is 8.83. The molecular formula is C14H18N2O2. The Morgan fingerprint density at radius 3 is 2.61 bits per heavy atom. The quantitative estimate of drug-likeness (QED) is 0.851. The first kappa shape index (κ1) is 12.4. The highest BCUT2D eigenvalue weighted by atomic mass is 16.5. The molecule has 0 amide bonds. The van der Waals surface area contributed by atoms with E-state index in [0.717, 1.165) is 23.6 Å². The van der Waals surface area contributed by atoms with Crippen LogP contribution in [0.2, 0.25) is 0 Å². The third-order valence-electron chi connectivity index (χ3n) is 2.60. The van der Waals surface area contributed by atoms with Crippen molar-refractivity contribution in [2.45, 2.75) is 13.5 Å². The van der Waals surface area contributed by atoms with Gasteiger partial charge in [-0.25, -0.2) is 0 Å². The van der Waals surface area contributed by atoms with Gasteiger partial charge in [-0.05, 0) is 36.8 Å². The molecule has 1 aromatic heterocycles. The summed E-state index contributed by atoms with van der Waals surface area (Å²) in [7, 11) is 1.65. The summed E-state index contributed by atoms with van der Waals surface area (Å²) in [5.41, 5.74) is 4.41. The predicted octanol–water partition coefficient (Wildman–Crippen LogP) is 2.64. The van der Waals surface area contributed by atoms with Gasteiger partial charge < -0.3 is 14.9 Å². The second-order valence-corrected chi connectivity index (χ2v) is 3.84. The highest BCUT2D eigenvalue weighted by Crippen LogP contribution is 2.27. The van der Waals surface area contributed by atoms with Crippen molar-refractivity contribution in [2.24, 2.45) is 0 Å².